The minimum atomic E-state index is -1.06. The second kappa shape index (κ2) is 6.21. The Morgan fingerprint density at radius 1 is 1.54 bits per heavy atom. The highest BCUT2D eigenvalue weighted by molar-refractivity contribution is 8.02. The first-order valence-corrected chi connectivity index (χ1v) is 8.89. The summed E-state index contributed by atoms with van der Waals surface area (Å²) in [4.78, 5) is 26.4. The van der Waals surface area contributed by atoms with Gasteiger partial charge in [-0.25, -0.2) is 4.79 Å². The molecule has 1 amide bonds. The molecule has 3 rings (SSSR count). The molecular weight excluding hydrogens is 330 g/mol. The molecule has 0 unspecified atom stereocenters. The van der Waals surface area contributed by atoms with Crippen LogP contribution in [-0.4, -0.2) is 49.0 Å². The lowest BCUT2D eigenvalue weighted by Crippen LogP contribution is -2.65. The van der Waals surface area contributed by atoms with Gasteiger partial charge in [0.05, 0.1) is 17.7 Å². The van der Waals surface area contributed by atoms with Gasteiger partial charge in [-0.1, -0.05) is 12.1 Å². The molecule has 2 aliphatic heterocycles. The lowest BCUT2D eigenvalue weighted by molar-refractivity contribution is -0.157. The van der Waals surface area contributed by atoms with Crippen molar-refractivity contribution in [3.05, 3.63) is 22.5 Å². The van der Waals surface area contributed by atoms with Crippen molar-refractivity contribution in [2.45, 2.75) is 38.1 Å². The molecule has 0 radical (unpaired) electrons. The molecule has 3 heterocycles. The molecule has 0 aliphatic carbocycles. The number of hydrogen-bond acceptors (Lipinski definition) is 6. The SMILES string of the molecule is CC[C@H]1C(SCc2cn(C)nn2)=C(C(=O)O)N2C(=O)[C@H]([C@H](C)N)[C@@H]12. The summed E-state index contributed by atoms with van der Waals surface area (Å²) in [5.41, 5.74) is 6.84. The van der Waals surface area contributed by atoms with Crippen LogP contribution in [0.3, 0.4) is 0 Å². The van der Waals surface area contributed by atoms with Crippen LogP contribution < -0.4 is 5.73 Å². The third-order valence-electron chi connectivity index (χ3n) is 4.65. The van der Waals surface area contributed by atoms with Gasteiger partial charge in [-0.05, 0) is 13.3 Å². The molecule has 24 heavy (non-hydrogen) atoms. The number of nitrogens with zero attached hydrogens (tertiary/aromatic N) is 4. The molecule has 0 saturated carbocycles. The van der Waals surface area contributed by atoms with Crippen LogP contribution in [0.4, 0.5) is 0 Å². The zero-order valence-corrected chi connectivity index (χ0v) is 14.7. The lowest BCUT2D eigenvalue weighted by atomic mass is 9.77. The Morgan fingerprint density at radius 2 is 2.25 bits per heavy atom. The van der Waals surface area contributed by atoms with Gasteiger partial charge >= 0.3 is 5.97 Å². The van der Waals surface area contributed by atoms with E-state index in [4.69, 9.17) is 5.73 Å². The van der Waals surface area contributed by atoms with Crippen molar-refractivity contribution in [1.82, 2.24) is 19.9 Å². The molecule has 0 spiro atoms. The average Bonchev–Trinajstić information content (AvgIpc) is 3.03. The number of hydrogen-bond donors (Lipinski definition) is 2. The maximum Gasteiger partial charge on any atom is 0.353 e. The minimum absolute atomic E-state index is 0.00599. The van der Waals surface area contributed by atoms with Gasteiger partial charge in [-0.15, -0.1) is 16.9 Å². The molecule has 9 heteroatoms. The van der Waals surface area contributed by atoms with E-state index in [-0.39, 0.29) is 35.5 Å². The summed E-state index contributed by atoms with van der Waals surface area (Å²) in [6, 6.07) is -0.426. The Kier molecular flexibility index (Phi) is 4.39. The zero-order valence-electron chi connectivity index (χ0n) is 13.8. The van der Waals surface area contributed by atoms with E-state index in [0.717, 1.165) is 17.0 Å². The summed E-state index contributed by atoms with van der Waals surface area (Å²) in [5.74, 6) is -1.02. The van der Waals surface area contributed by atoms with Crippen LogP contribution in [0.15, 0.2) is 16.8 Å². The molecule has 0 bridgehead atoms. The van der Waals surface area contributed by atoms with Gasteiger partial charge in [-0.3, -0.25) is 9.48 Å². The van der Waals surface area contributed by atoms with E-state index >= 15 is 0 Å². The van der Waals surface area contributed by atoms with Crippen molar-refractivity contribution in [3.8, 4) is 0 Å². The summed E-state index contributed by atoms with van der Waals surface area (Å²) >= 11 is 1.43. The van der Waals surface area contributed by atoms with Crippen molar-refractivity contribution in [1.29, 1.82) is 0 Å². The monoisotopic (exact) mass is 351 g/mol. The number of nitrogens with two attached hydrogens (primary N) is 1. The molecule has 8 nitrogen and oxygen atoms in total. The highest BCUT2D eigenvalue weighted by Gasteiger charge is 2.60. The molecule has 1 fully saturated rings. The second-order valence-electron chi connectivity index (χ2n) is 6.29. The summed E-state index contributed by atoms with van der Waals surface area (Å²) in [6.07, 6.45) is 2.56. The van der Waals surface area contributed by atoms with Gasteiger partial charge in [0.1, 0.15) is 5.70 Å². The first kappa shape index (κ1) is 17.0. The average molecular weight is 351 g/mol. The molecular formula is C15H21N5O3S. The smallest absolute Gasteiger partial charge is 0.353 e. The number of rotatable bonds is 6. The van der Waals surface area contributed by atoms with Crippen LogP contribution >= 0.6 is 11.8 Å². The number of β-lactam (4-membered cyclic amide) rings is 1. The Bertz CT molecular complexity index is 714. The van der Waals surface area contributed by atoms with Crippen LogP contribution in [0.1, 0.15) is 26.0 Å². The highest BCUT2D eigenvalue weighted by atomic mass is 32.2. The van der Waals surface area contributed by atoms with Crippen molar-refractivity contribution in [3.63, 3.8) is 0 Å². The normalized spacial score (nSPS) is 27.2. The Labute approximate surface area is 144 Å². The fourth-order valence-electron chi connectivity index (χ4n) is 3.63. The van der Waals surface area contributed by atoms with E-state index in [1.54, 1.807) is 24.9 Å². The molecule has 4 atom stereocenters. The van der Waals surface area contributed by atoms with Gasteiger partial charge < -0.3 is 15.7 Å². The van der Waals surface area contributed by atoms with E-state index in [2.05, 4.69) is 10.3 Å². The third kappa shape index (κ3) is 2.51. The van der Waals surface area contributed by atoms with Gasteiger partial charge in [0.2, 0.25) is 5.91 Å². The standard InChI is InChI=1S/C15H21N5O3S/c1-4-9-11-10(7(2)16)14(21)20(11)12(15(22)23)13(9)24-6-8-5-19(3)18-17-8/h5,7,9-11H,4,6,16H2,1-3H3,(H,22,23)/t7-,9+,10+,11+/m0/s1. The maximum absolute atomic E-state index is 12.4. The molecule has 3 N–H and O–H groups in total. The maximum atomic E-state index is 12.4. The minimum Gasteiger partial charge on any atom is -0.477 e. The van der Waals surface area contributed by atoms with Gasteiger partial charge in [0, 0.05) is 35.9 Å². The van der Waals surface area contributed by atoms with Crippen molar-refractivity contribution in [2.24, 2.45) is 24.6 Å². The number of carboxylic acids is 1. The number of aromatic nitrogens is 3. The van der Waals surface area contributed by atoms with Gasteiger partial charge in [-0.2, -0.15) is 0 Å². The number of carbonyl (C=O) groups excluding carboxylic acids is 1. The number of aliphatic carboxylic acids is 1. The number of carbonyl (C=O) groups is 2. The van der Waals surface area contributed by atoms with Crippen LogP contribution in [0, 0.1) is 11.8 Å². The number of amides is 1. The molecule has 1 aromatic rings. The molecule has 0 aromatic carbocycles. The number of thioether (sulfide) groups is 1. The van der Waals surface area contributed by atoms with Crippen LogP contribution in [-0.2, 0) is 22.4 Å². The lowest BCUT2D eigenvalue weighted by Gasteiger charge is -2.47. The summed E-state index contributed by atoms with van der Waals surface area (Å²) < 4.78 is 1.61. The fourth-order valence-corrected chi connectivity index (χ4v) is 4.91. The number of aryl methyl sites for hydroxylation is 1. The van der Waals surface area contributed by atoms with E-state index in [9.17, 15) is 14.7 Å². The van der Waals surface area contributed by atoms with E-state index in [0.29, 0.717) is 5.75 Å². The first-order chi connectivity index (χ1) is 11.4. The third-order valence-corrected chi connectivity index (χ3v) is 5.89. The van der Waals surface area contributed by atoms with Gasteiger partial charge in [0.25, 0.3) is 0 Å². The van der Waals surface area contributed by atoms with Gasteiger partial charge in [0.15, 0.2) is 0 Å². The molecule has 1 saturated heterocycles. The molecule has 130 valence electrons. The summed E-state index contributed by atoms with van der Waals surface area (Å²) in [6.45, 7) is 3.81. The van der Waals surface area contributed by atoms with Crippen LogP contribution in [0.5, 0.6) is 0 Å². The predicted octanol–water partition coefficient (Wildman–Crippen LogP) is 0.559. The summed E-state index contributed by atoms with van der Waals surface area (Å²) in [7, 11) is 1.78. The summed E-state index contributed by atoms with van der Waals surface area (Å²) in [5, 5.41) is 17.6. The van der Waals surface area contributed by atoms with E-state index in [1.807, 2.05) is 6.92 Å². The second-order valence-corrected chi connectivity index (χ2v) is 7.31. The van der Waals surface area contributed by atoms with E-state index < -0.39 is 5.97 Å². The van der Waals surface area contributed by atoms with E-state index in [1.165, 1.54) is 16.7 Å². The Balaban J connectivity index is 1.89. The molecule has 2 aliphatic rings. The van der Waals surface area contributed by atoms with Crippen LogP contribution in [0.25, 0.3) is 0 Å². The number of carboxylic acid groups (broad SMARTS) is 1. The molecule has 1 aromatic heterocycles. The van der Waals surface area contributed by atoms with Crippen molar-refractivity contribution >= 4 is 23.6 Å². The Morgan fingerprint density at radius 3 is 2.75 bits per heavy atom. The fraction of sp³-hybridized carbons (Fsp3) is 0.600. The quantitative estimate of drug-likeness (QED) is 0.720. The van der Waals surface area contributed by atoms with Crippen molar-refractivity contribution < 1.29 is 14.7 Å². The van der Waals surface area contributed by atoms with Crippen molar-refractivity contribution in [2.75, 3.05) is 0 Å². The largest absolute Gasteiger partial charge is 0.477 e. The topological polar surface area (TPSA) is 114 Å². The highest BCUT2D eigenvalue weighted by Crippen LogP contribution is 2.51. The Hall–Kier alpha value is -1.87. The predicted molar refractivity (Wildman–Crippen MR) is 88.5 cm³/mol. The van der Waals surface area contributed by atoms with Crippen LogP contribution in [0.2, 0.25) is 0 Å². The number of fused-ring (bicyclic) bond motifs is 1. The first-order valence-electron chi connectivity index (χ1n) is 7.90. The zero-order chi connectivity index (χ0) is 17.6.